The summed E-state index contributed by atoms with van der Waals surface area (Å²) < 4.78 is 41.1. The summed E-state index contributed by atoms with van der Waals surface area (Å²) in [6, 6.07) is 3.40. The summed E-state index contributed by atoms with van der Waals surface area (Å²) >= 11 is 6.27. The number of carbonyl (C=O) groups is 1. The van der Waals surface area contributed by atoms with Gasteiger partial charge in [-0.2, -0.15) is 13.2 Å². The van der Waals surface area contributed by atoms with Gasteiger partial charge in [-0.1, -0.05) is 11.6 Å². The molecular formula is C18H18ClF3N6O. The van der Waals surface area contributed by atoms with Crippen molar-refractivity contribution in [2.45, 2.75) is 31.5 Å². The zero-order valence-corrected chi connectivity index (χ0v) is 16.2. The standard InChI is InChI=1S/C18H18ClF3N6O/c1-9-7-28(3-2-23-9)13-5-10(19)4-12(26-13)16-15-11(18(20,21)22)6-14(29)27-17(15)25-8-24-16/h4-5,8-9,11,23H,2-3,6-7H2,1H3,(H,24,25,27,29)/t9-,11?/m0/s1. The Morgan fingerprint density at radius 2 is 2.07 bits per heavy atom. The molecule has 4 heterocycles. The minimum atomic E-state index is -4.62. The van der Waals surface area contributed by atoms with Gasteiger partial charge in [0.25, 0.3) is 0 Å². The number of hydrogen-bond acceptors (Lipinski definition) is 6. The molecule has 0 spiro atoms. The van der Waals surface area contributed by atoms with E-state index in [-0.39, 0.29) is 28.8 Å². The Bertz CT molecular complexity index is 954. The van der Waals surface area contributed by atoms with E-state index < -0.39 is 24.4 Å². The molecule has 2 aromatic heterocycles. The number of anilines is 2. The zero-order valence-electron chi connectivity index (χ0n) is 15.4. The SMILES string of the molecule is C[C@H]1CN(c2cc(Cl)cc(-c3ncnc4c3C(C(F)(F)F)CC(=O)N4)n2)CCN1. The average molecular weight is 427 g/mol. The summed E-state index contributed by atoms with van der Waals surface area (Å²) in [5, 5.41) is 6.06. The van der Waals surface area contributed by atoms with Crippen LogP contribution in [0, 0.1) is 0 Å². The highest BCUT2D eigenvalue weighted by atomic mass is 35.5. The molecule has 0 aliphatic carbocycles. The van der Waals surface area contributed by atoms with E-state index in [1.165, 1.54) is 6.07 Å². The summed E-state index contributed by atoms with van der Waals surface area (Å²) in [7, 11) is 0. The maximum absolute atomic E-state index is 13.7. The van der Waals surface area contributed by atoms with Gasteiger partial charge in [-0.15, -0.1) is 0 Å². The number of halogens is 4. The van der Waals surface area contributed by atoms with Crippen molar-refractivity contribution in [3.8, 4) is 11.4 Å². The molecule has 0 radical (unpaired) electrons. The van der Waals surface area contributed by atoms with Crippen molar-refractivity contribution in [3.05, 3.63) is 29.0 Å². The fourth-order valence-electron chi connectivity index (χ4n) is 3.69. The smallest absolute Gasteiger partial charge is 0.354 e. The quantitative estimate of drug-likeness (QED) is 0.768. The molecule has 0 aromatic carbocycles. The summed E-state index contributed by atoms with van der Waals surface area (Å²) in [5.74, 6) is -2.32. The van der Waals surface area contributed by atoms with Crippen LogP contribution in [0.15, 0.2) is 18.5 Å². The van der Waals surface area contributed by atoms with Crippen molar-refractivity contribution in [1.29, 1.82) is 0 Å². The third-order valence-corrected chi connectivity index (χ3v) is 5.21. The Morgan fingerprint density at radius 3 is 2.79 bits per heavy atom. The van der Waals surface area contributed by atoms with E-state index in [1.54, 1.807) is 6.07 Å². The summed E-state index contributed by atoms with van der Waals surface area (Å²) in [6.45, 7) is 4.18. The highest BCUT2D eigenvalue weighted by Crippen LogP contribution is 2.46. The van der Waals surface area contributed by atoms with Crippen molar-refractivity contribution < 1.29 is 18.0 Å². The van der Waals surface area contributed by atoms with Crippen LogP contribution < -0.4 is 15.5 Å². The molecule has 2 aliphatic heterocycles. The first-order chi connectivity index (χ1) is 13.7. The van der Waals surface area contributed by atoms with Crippen LogP contribution in [0.5, 0.6) is 0 Å². The molecule has 0 bridgehead atoms. The number of pyridine rings is 1. The normalized spacial score (nSPS) is 22.2. The lowest BCUT2D eigenvalue weighted by Crippen LogP contribution is -2.49. The van der Waals surface area contributed by atoms with Crippen molar-refractivity contribution >= 4 is 29.1 Å². The molecule has 2 aliphatic rings. The molecule has 4 rings (SSSR count). The molecule has 1 fully saturated rings. The number of fused-ring (bicyclic) bond motifs is 1. The number of hydrogen-bond donors (Lipinski definition) is 2. The molecule has 2 aromatic rings. The topological polar surface area (TPSA) is 83.0 Å². The number of aromatic nitrogens is 3. The first-order valence-corrected chi connectivity index (χ1v) is 9.48. The number of carbonyl (C=O) groups excluding carboxylic acids is 1. The van der Waals surface area contributed by atoms with E-state index in [2.05, 4.69) is 25.6 Å². The molecule has 1 amide bonds. The first-order valence-electron chi connectivity index (χ1n) is 9.10. The van der Waals surface area contributed by atoms with Gasteiger partial charge in [0.15, 0.2) is 0 Å². The molecule has 11 heteroatoms. The monoisotopic (exact) mass is 426 g/mol. The third kappa shape index (κ3) is 3.99. The Hall–Kier alpha value is -2.46. The largest absolute Gasteiger partial charge is 0.396 e. The average Bonchev–Trinajstić information content (AvgIpc) is 2.65. The van der Waals surface area contributed by atoms with E-state index >= 15 is 0 Å². The molecule has 7 nitrogen and oxygen atoms in total. The summed E-state index contributed by atoms with van der Waals surface area (Å²) in [4.78, 5) is 26.2. The lowest BCUT2D eigenvalue weighted by molar-refractivity contribution is -0.156. The number of nitrogens with zero attached hydrogens (tertiary/aromatic N) is 4. The summed E-state index contributed by atoms with van der Waals surface area (Å²) in [6.07, 6.45) is -4.23. The van der Waals surface area contributed by atoms with E-state index in [0.29, 0.717) is 23.9 Å². The number of piperazine rings is 1. The predicted octanol–water partition coefficient (Wildman–Crippen LogP) is 2.98. The van der Waals surface area contributed by atoms with Gasteiger partial charge in [-0.3, -0.25) is 4.79 Å². The van der Waals surface area contributed by atoms with Crippen LogP contribution >= 0.6 is 11.6 Å². The molecule has 1 unspecified atom stereocenters. The molecule has 2 N–H and O–H groups in total. The zero-order chi connectivity index (χ0) is 20.8. The molecular weight excluding hydrogens is 409 g/mol. The van der Waals surface area contributed by atoms with Gasteiger partial charge in [0.1, 0.15) is 18.0 Å². The van der Waals surface area contributed by atoms with Crippen molar-refractivity contribution in [3.63, 3.8) is 0 Å². The first kappa shape index (κ1) is 19.8. The lowest BCUT2D eigenvalue weighted by Gasteiger charge is -2.33. The van der Waals surface area contributed by atoms with Gasteiger partial charge in [-0.05, 0) is 19.1 Å². The van der Waals surface area contributed by atoms with Crippen LogP contribution in [0.4, 0.5) is 24.8 Å². The lowest BCUT2D eigenvalue weighted by atomic mass is 9.89. The Balaban J connectivity index is 1.82. The second-order valence-corrected chi connectivity index (χ2v) is 7.60. The number of rotatable bonds is 2. The predicted molar refractivity (Wildman–Crippen MR) is 102 cm³/mol. The minimum Gasteiger partial charge on any atom is -0.354 e. The molecule has 154 valence electrons. The molecule has 2 atom stereocenters. The van der Waals surface area contributed by atoms with Crippen LogP contribution in [-0.2, 0) is 4.79 Å². The highest BCUT2D eigenvalue weighted by Gasteiger charge is 2.47. The minimum absolute atomic E-state index is 0.0178. The van der Waals surface area contributed by atoms with Gasteiger partial charge >= 0.3 is 6.18 Å². The van der Waals surface area contributed by atoms with Crippen LogP contribution in [0.1, 0.15) is 24.8 Å². The maximum Gasteiger partial charge on any atom is 0.396 e. The van der Waals surface area contributed by atoms with Gasteiger partial charge in [-0.25, -0.2) is 15.0 Å². The van der Waals surface area contributed by atoms with Gasteiger partial charge in [0.05, 0.1) is 17.3 Å². The van der Waals surface area contributed by atoms with Crippen molar-refractivity contribution in [1.82, 2.24) is 20.3 Å². The van der Waals surface area contributed by atoms with Crippen LogP contribution in [0.3, 0.4) is 0 Å². The van der Waals surface area contributed by atoms with Crippen molar-refractivity contribution in [2.75, 3.05) is 29.9 Å². The van der Waals surface area contributed by atoms with Crippen LogP contribution in [-0.4, -0.2) is 52.7 Å². The second-order valence-electron chi connectivity index (χ2n) is 7.16. The van der Waals surface area contributed by atoms with Gasteiger partial charge in [0, 0.05) is 42.7 Å². The number of amides is 1. The maximum atomic E-state index is 13.7. The fraction of sp³-hybridized carbons (Fsp3) is 0.444. The number of nitrogens with one attached hydrogen (secondary N) is 2. The Morgan fingerprint density at radius 1 is 1.28 bits per heavy atom. The van der Waals surface area contributed by atoms with Gasteiger partial charge < -0.3 is 15.5 Å². The Labute approximate surface area is 169 Å². The van der Waals surface area contributed by atoms with Crippen LogP contribution in [0.2, 0.25) is 5.02 Å². The van der Waals surface area contributed by atoms with Gasteiger partial charge in [0.2, 0.25) is 5.91 Å². The van der Waals surface area contributed by atoms with E-state index in [9.17, 15) is 18.0 Å². The van der Waals surface area contributed by atoms with E-state index in [1.807, 2.05) is 11.8 Å². The highest BCUT2D eigenvalue weighted by molar-refractivity contribution is 6.31. The third-order valence-electron chi connectivity index (χ3n) is 4.99. The number of alkyl halides is 3. The molecule has 0 saturated carbocycles. The Kier molecular flexibility index (Phi) is 5.07. The van der Waals surface area contributed by atoms with Crippen molar-refractivity contribution in [2.24, 2.45) is 0 Å². The fourth-order valence-corrected chi connectivity index (χ4v) is 3.89. The van der Waals surface area contributed by atoms with E-state index in [4.69, 9.17) is 11.6 Å². The van der Waals surface area contributed by atoms with E-state index in [0.717, 1.165) is 12.9 Å². The molecule has 1 saturated heterocycles. The molecule has 29 heavy (non-hydrogen) atoms. The summed E-state index contributed by atoms with van der Waals surface area (Å²) in [5.41, 5.74) is 0.0426. The second kappa shape index (κ2) is 7.42. The van der Waals surface area contributed by atoms with Crippen LogP contribution in [0.25, 0.3) is 11.4 Å².